The van der Waals surface area contributed by atoms with Crippen LogP contribution in [0.1, 0.15) is 82.6 Å². The zero-order chi connectivity index (χ0) is 48.8. The third-order valence-electron chi connectivity index (χ3n) is 12.9. The Labute approximate surface area is 417 Å². The predicted molar refractivity (Wildman–Crippen MR) is 287 cm³/mol. The number of hydrogen-bond donors (Lipinski definition) is 1. The smallest absolute Gasteiger partial charge is 0.349 e. The number of halogens is 1. The van der Waals surface area contributed by atoms with Crippen molar-refractivity contribution in [1.29, 1.82) is 0 Å². The quantitative estimate of drug-likeness (QED) is 0.0807. The maximum Gasteiger partial charge on any atom is 0.349 e. The molecule has 1 atom stereocenters. The summed E-state index contributed by atoms with van der Waals surface area (Å²) in [6.07, 6.45) is 2.12. The van der Waals surface area contributed by atoms with Crippen LogP contribution in [0.15, 0.2) is 176 Å². The SMILES string of the molecule is C[C@@H](Oc1cc(-n2cnc3ccc(OC(CCO[Si](c4ccccc4)(c4ccccc4)C(C)(C)C)CCO[Si](c4ccccc4)(c4ccccc4)C(C)(C)C)cc32)sc1C(=O)O)c1ccccc1Cl. The van der Waals surface area contributed by atoms with Crippen molar-refractivity contribution in [3.63, 3.8) is 0 Å². The van der Waals surface area contributed by atoms with Gasteiger partial charge in [0, 0.05) is 48.8 Å². The molecule has 0 saturated heterocycles. The summed E-state index contributed by atoms with van der Waals surface area (Å²) in [5, 5.41) is 16.0. The average Bonchev–Trinajstić information content (AvgIpc) is 3.96. The molecule has 0 aliphatic heterocycles. The van der Waals surface area contributed by atoms with Gasteiger partial charge in [0.1, 0.15) is 35.0 Å². The Balaban J connectivity index is 1.13. The summed E-state index contributed by atoms with van der Waals surface area (Å²) in [5.74, 6) is -0.167. The first kappa shape index (κ1) is 49.6. The second-order valence-corrected chi connectivity index (χ2v) is 29.5. The molecule has 69 heavy (non-hydrogen) atoms. The van der Waals surface area contributed by atoms with Crippen molar-refractivity contribution in [2.75, 3.05) is 13.2 Å². The van der Waals surface area contributed by atoms with Gasteiger partial charge in [0.15, 0.2) is 4.88 Å². The van der Waals surface area contributed by atoms with Gasteiger partial charge in [-0.15, -0.1) is 11.3 Å². The number of carbonyl (C=O) groups is 1. The highest BCUT2D eigenvalue weighted by Crippen LogP contribution is 2.40. The van der Waals surface area contributed by atoms with Crippen molar-refractivity contribution in [3.05, 3.63) is 192 Å². The van der Waals surface area contributed by atoms with Gasteiger partial charge in [-0.3, -0.25) is 4.57 Å². The van der Waals surface area contributed by atoms with E-state index in [1.54, 1.807) is 18.5 Å². The van der Waals surface area contributed by atoms with Crippen molar-refractivity contribution in [2.24, 2.45) is 0 Å². The van der Waals surface area contributed by atoms with Gasteiger partial charge < -0.3 is 23.4 Å². The molecule has 12 heteroatoms. The highest BCUT2D eigenvalue weighted by atomic mass is 35.5. The Bertz CT molecular complexity index is 2770. The molecule has 0 saturated carbocycles. The third kappa shape index (κ3) is 10.4. The molecule has 2 aromatic heterocycles. The van der Waals surface area contributed by atoms with Crippen LogP contribution in [0.2, 0.25) is 15.1 Å². The number of ether oxygens (including phenoxy) is 2. The summed E-state index contributed by atoms with van der Waals surface area (Å²) >= 11 is 7.62. The van der Waals surface area contributed by atoms with E-state index in [9.17, 15) is 9.90 Å². The van der Waals surface area contributed by atoms with Crippen molar-refractivity contribution < 1.29 is 28.2 Å². The monoisotopic (exact) mass is 992 g/mol. The molecule has 0 aliphatic carbocycles. The molecule has 8 nitrogen and oxygen atoms in total. The Kier molecular flexibility index (Phi) is 15.1. The van der Waals surface area contributed by atoms with Crippen LogP contribution in [0.5, 0.6) is 11.5 Å². The molecule has 0 bridgehead atoms. The molecule has 0 amide bonds. The Morgan fingerprint density at radius 3 is 1.57 bits per heavy atom. The van der Waals surface area contributed by atoms with Gasteiger partial charge in [-0.05, 0) is 55.9 Å². The normalized spacial score (nSPS) is 12.9. The second-order valence-electron chi connectivity index (χ2n) is 19.5. The molecule has 6 aromatic carbocycles. The van der Waals surface area contributed by atoms with E-state index in [1.165, 1.54) is 20.7 Å². The number of carboxylic acid groups (broad SMARTS) is 1. The van der Waals surface area contributed by atoms with Gasteiger partial charge in [0.25, 0.3) is 16.6 Å². The number of hydrogen-bond acceptors (Lipinski definition) is 7. The highest BCUT2D eigenvalue weighted by Gasteiger charge is 2.51. The lowest BCUT2D eigenvalue weighted by Gasteiger charge is -2.43. The molecule has 0 fully saturated rings. The number of imidazole rings is 1. The summed E-state index contributed by atoms with van der Waals surface area (Å²) in [6, 6.07) is 57.9. The lowest BCUT2D eigenvalue weighted by molar-refractivity contribution is 0.0695. The van der Waals surface area contributed by atoms with Crippen LogP contribution in [0.3, 0.4) is 0 Å². The van der Waals surface area contributed by atoms with E-state index in [2.05, 4.69) is 163 Å². The van der Waals surface area contributed by atoms with Crippen LogP contribution < -0.4 is 30.2 Å². The minimum atomic E-state index is -2.85. The highest BCUT2D eigenvalue weighted by molar-refractivity contribution is 7.16. The Morgan fingerprint density at radius 2 is 1.12 bits per heavy atom. The van der Waals surface area contributed by atoms with Crippen LogP contribution in [-0.2, 0) is 8.85 Å². The number of rotatable bonds is 19. The van der Waals surface area contributed by atoms with Crippen LogP contribution in [-0.4, -0.2) is 56.6 Å². The molecule has 8 aromatic rings. The molecule has 0 aliphatic rings. The maximum absolute atomic E-state index is 12.6. The summed E-state index contributed by atoms with van der Waals surface area (Å²) in [5.41, 5.74) is 2.27. The Morgan fingerprint density at radius 1 is 0.652 bits per heavy atom. The predicted octanol–water partition coefficient (Wildman–Crippen LogP) is 12.3. The minimum Gasteiger partial charge on any atom is -0.490 e. The number of benzene rings is 6. The molecule has 8 rings (SSSR count). The van der Waals surface area contributed by atoms with Crippen molar-refractivity contribution in [1.82, 2.24) is 9.55 Å². The largest absolute Gasteiger partial charge is 0.490 e. The van der Waals surface area contributed by atoms with E-state index in [4.69, 9.17) is 34.9 Å². The Hall–Kier alpha value is -5.80. The molecular weight excluding hydrogens is 932 g/mol. The van der Waals surface area contributed by atoms with E-state index < -0.39 is 28.7 Å². The van der Waals surface area contributed by atoms with Gasteiger partial charge in [-0.2, -0.15) is 0 Å². The number of carboxylic acids is 1. The number of fused-ring (bicyclic) bond motifs is 1. The standard InChI is InChI=1S/C57H61ClN2O6SSi2/c1-41(48-30-20-21-31-49(48)58)65-52-39-53(67-54(52)55(61)62)60-40-59-50-33-32-43(38-51(50)60)66-42(34-36-63-68(56(2,3)4,44-22-12-8-13-23-44)45-24-14-9-15-25-45)35-37-64-69(57(5,6)7,46-26-16-10-17-27-46)47-28-18-11-19-29-47/h8-33,38-42H,34-37H2,1-7H3,(H,61,62)/t41-/m1/s1. The third-order valence-corrected chi connectivity index (χ3v) is 24.5. The molecule has 0 radical (unpaired) electrons. The van der Waals surface area contributed by atoms with Crippen LogP contribution in [0.25, 0.3) is 16.0 Å². The van der Waals surface area contributed by atoms with E-state index >= 15 is 0 Å². The van der Waals surface area contributed by atoms with Crippen LogP contribution in [0, 0.1) is 0 Å². The lowest BCUT2D eigenvalue weighted by Crippen LogP contribution is -2.67. The van der Waals surface area contributed by atoms with Crippen molar-refractivity contribution in [3.8, 4) is 16.5 Å². The number of nitrogens with zero attached hydrogens (tertiary/aromatic N) is 2. The van der Waals surface area contributed by atoms with Gasteiger partial charge in [0.05, 0.1) is 11.0 Å². The van der Waals surface area contributed by atoms with Crippen molar-refractivity contribution in [2.45, 2.75) is 83.6 Å². The van der Waals surface area contributed by atoms with Gasteiger partial charge in [-0.25, -0.2) is 9.78 Å². The second kappa shape index (κ2) is 21.1. The van der Waals surface area contributed by atoms with Gasteiger partial charge in [0.2, 0.25) is 0 Å². The zero-order valence-electron chi connectivity index (χ0n) is 40.4. The van der Waals surface area contributed by atoms with E-state index in [0.29, 0.717) is 41.8 Å². The number of aromatic carboxylic acids is 1. The summed E-state index contributed by atoms with van der Waals surface area (Å²) < 4.78 is 30.2. The first-order valence-electron chi connectivity index (χ1n) is 23.5. The molecule has 0 unspecified atom stereocenters. The summed E-state index contributed by atoms with van der Waals surface area (Å²) in [6.45, 7) is 16.6. The summed E-state index contributed by atoms with van der Waals surface area (Å²) in [7, 11) is -5.69. The fourth-order valence-electron chi connectivity index (χ4n) is 9.68. The van der Waals surface area contributed by atoms with E-state index in [0.717, 1.165) is 27.9 Å². The first-order chi connectivity index (χ1) is 33.1. The number of aromatic nitrogens is 2. The first-order valence-corrected chi connectivity index (χ1v) is 28.6. The fourth-order valence-corrected chi connectivity index (χ4v) is 20.0. The van der Waals surface area contributed by atoms with Crippen molar-refractivity contribution >= 4 is 77.3 Å². The number of thiophene rings is 1. The lowest BCUT2D eigenvalue weighted by atomic mass is 10.1. The van der Waals surface area contributed by atoms with Crippen LogP contribution >= 0.6 is 22.9 Å². The minimum absolute atomic E-state index is 0.0833. The van der Waals surface area contributed by atoms with E-state index in [1.807, 2.05) is 47.9 Å². The van der Waals surface area contributed by atoms with Crippen LogP contribution in [0.4, 0.5) is 0 Å². The molecule has 356 valence electrons. The zero-order valence-corrected chi connectivity index (χ0v) is 44.0. The van der Waals surface area contributed by atoms with Gasteiger partial charge >= 0.3 is 5.97 Å². The maximum atomic E-state index is 12.6. The fraction of sp³-hybridized carbons (Fsp3) is 0.263. The molecule has 0 spiro atoms. The van der Waals surface area contributed by atoms with E-state index in [-0.39, 0.29) is 26.8 Å². The molecular formula is C57H61ClN2O6SSi2. The van der Waals surface area contributed by atoms with Gasteiger partial charge in [-0.1, -0.05) is 193 Å². The molecule has 2 heterocycles. The topological polar surface area (TPSA) is 92.0 Å². The average molecular weight is 994 g/mol. The molecule has 1 N–H and O–H groups in total. The summed E-state index contributed by atoms with van der Waals surface area (Å²) in [4.78, 5) is 17.4.